The molecule has 4 rings (SSSR count). The second-order valence-electron chi connectivity index (χ2n) is 6.80. The Kier molecular flexibility index (Phi) is 4.04. The van der Waals surface area contributed by atoms with Gasteiger partial charge in [0.05, 0.1) is 16.8 Å². The second-order valence-corrected chi connectivity index (χ2v) is 6.80. The van der Waals surface area contributed by atoms with Crippen molar-refractivity contribution in [2.24, 2.45) is 11.8 Å². The number of carbonyl (C=O) groups excluding carboxylic acids is 1. The van der Waals surface area contributed by atoms with Gasteiger partial charge in [0, 0.05) is 19.6 Å². The highest BCUT2D eigenvalue weighted by atomic mass is 19.1. The van der Waals surface area contributed by atoms with Gasteiger partial charge in [0.2, 0.25) is 5.91 Å². The molecule has 1 saturated heterocycles. The summed E-state index contributed by atoms with van der Waals surface area (Å²) in [4.78, 5) is 22.9. The van der Waals surface area contributed by atoms with E-state index >= 15 is 0 Å². The van der Waals surface area contributed by atoms with Gasteiger partial charge in [0.25, 0.3) is 0 Å². The first-order valence-corrected chi connectivity index (χ1v) is 8.64. The molecule has 1 aliphatic heterocycles. The quantitative estimate of drug-likeness (QED) is 0.937. The Labute approximate surface area is 140 Å². The van der Waals surface area contributed by atoms with Crippen LogP contribution in [0.15, 0.2) is 24.5 Å². The van der Waals surface area contributed by atoms with E-state index in [4.69, 9.17) is 0 Å². The molecular formula is C18H21FN4O. The highest BCUT2D eigenvalue weighted by molar-refractivity contribution is 5.90. The van der Waals surface area contributed by atoms with Gasteiger partial charge in [-0.2, -0.15) is 0 Å². The minimum absolute atomic E-state index is 0.0608. The van der Waals surface area contributed by atoms with Gasteiger partial charge >= 0.3 is 0 Å². The summed E-state index contributed by atoms with van der Waals surface area (Å²) in [5.74, 6) is 1.01. The van der Waals surface area contributed by atoms with Gasteiger partial charge in [-0.1, -0.05) is 6.07 Å². The van der Waals surface area contributed by atoms with Gasteiger partial charge in [-0.05, 0) is 43.7 Å². The largest absolute Gasteiger partial charge is 0.356 e. The van der Waals surface area contributed by atoms with Crippen LogP contribution in [0.1, 0.15) is 25.7 Å². The summed E-state index contributed by atoms with van der Waals surface area (Å²) in [5, 5.41) is 3.51. The topological polar surface area (TPSA) is 58.1 Å². The average Bonchev–Trinajstić information content (AvgIpc) is 3.44. The predicted molar refractivity (Wildman–Crippen MR) is 90.2 cm³/mol. The number of carbonyl (C=O) groups is 1. The lowest BCUT2D eigenvalue weighted by molar-refractivity contribution is -0.125. The van der Waals surface area contributed by atoms with Crippen LogP contribution in [0.3, 0.4) is 0 Å². The van der Waals surface area contributed by atoms with Crippen LogP contribution in [0.25, 0.3) is 10.9 Å². The number of hydrogen-bond donors (Lipinski definition) is 1. The summed E-state index contributed by atoms with van der Waals surface area (Å²) in [5.41, 5.74) is 0.598. The number of nitrogens with zero attached hydrogens (tertiary/aromatic N) is 3. The number of hydrogen-bond acceptors (Lipinski definition) is 4. The first-order valence-electron chi connectivity index (χ1n) is 8.64. The molecule has 0 spiro atoms. The molecule has 2 aliphatic rings. The number of piperidine rings is 1. The lowest BCUT2D eigenvalue weighted by Crippen LogP contribution is -2.44. The number of amides is 1. The van der Waals surface area contributed by atoms with Crippen LogP contribution >= 0.6 is 0 Å². The van der Waals surface area contributed by atoms with E-state index < -0.39 is 0 Å². The first-order chi connectivity index (χ1) is 11.7. The second kappa shape index (κ2) is 6.34. The van der Waals surface area contributed by atoms with Crippen molar-refractivity contribution in [3.05, 3.63) is 30.3 Å². The molecule has 5 nitrogen and oxygen atoms in total. The summed E-state index contributed by atoms with van der Waals surface area (Å²) in [6, 6.07) is 4.87. The molecule has 1 N–H and O–H groups in total. The van der Waals surface area contributed by atoms with Crippen LogP contribution in [0, 0.1) is 17.7 Å². The average molecular weight is 328 g/mol. The molecule has 24 heavy (non-hydrogen) atoms. The fraction of sp³-hybridized carbons (Fsp3) is 0.500. The van der Waals surface area contributed by atoms with Crippen LogP contribution in [-0.4, -0.2) is 35.5 Å². The zero-order chi connectivity index (χ0) is 16.5. The number of fused-ring (bicyclic) bond motifs is 1. The zero-order valence-electron chi connectivity index (χ0n) is 13.5. The molecule has 2 heterocycles. The highest BCUT2D eigenvalue weighted by Crippen LogP contribution is 2.30. The number of rotatable bonds is 4. The Hall–Kier alpha value is -2.24. The van der Waals surface area contributed by atoms with Gasteiger partial charge in [0.15, 0.2) is 0 Å². The van der Waals surface area contributed by atoms with E-state index in [1.165, 1.54) is 25.2 Å². The van der Waals surface area contributed by atoms with Crippen molar-refractivity contribution < 1.29 is 9.18 Å². The molecule has 0 unspecified atom stereocenters. The molecule has 1 aromatic heterocycles. The van der Waals surface area contributed by atoms with Crippen LogP contribution in [-0.2, 0) is 4.79 Å². The summed E-state index contributed by atoms with van der Waals surface area (Å²) >= 11 is 0. The minimum Gasteiger partial charge on any atom is -0.356 e. The van der Waals surface area contributed by atoms with E-state index in [9.17, 15) is 9.18 Å². The van der Waals surface area contributed by atoms with Crippen molar-refractivity contribution in [2.45, 2.75) is 25.7 Å². The molecular weight excluding hydrogens is 307 g/mol. The van der Waals surface area contributed by atoms with E-state index in [1.54, 1.807) is 12.1 Å². The molecule has 1 saturated carbocycles. The van der Waals surface area contributed by atoms with Gasteiger partial charge in [0.1, 0.15) is 18.0 Å². The Bertz CT molecular complexity index is 757. The summed E-state index contributed by atoms with van der Waals surface area (Å²) in [6.45, 7) is 2.16. The smallest absolute Gasteiger partial charge is 0.224 e. The Balaban J connectivity index is 1.54. The third kappa shape index (κ3) is 3.05. The van der Waals surface area contributed by atoms with Crippen molar-refractivity contribution in [1.29, 1.82) is 0 Å². The summed E-state index contributed by atoms with van der Waals surface area (Å²) in [6.07, 6.45) is 5.69. The fourth-order valence-corrected chi connectivity index (χ4v) is 3.39. The number of nitrogens with one attached hydrogen (secondary N) is 1. The fourth-order valence-electron chi connectivity index (χ4n) is 3.39. The van der Waals surface area contributed by atoms with E-state index in [1.807, 2.05) is 4.90 Å². The van der Waals surface area contributed by atoms with Crippen LogP contribution < -0.4 is 10.2 Å². The standard InChI is InChI=1S/C18H21FN4O/c19-14-4-1-5-15-16(14)17(22-11-21-15)23-8-2-3-13(10-23)18(24)20-9-12-6-7-12/h1,4-5,11-13H,2-3,6-10H2,(H,20,24)/t13-/m0/s1. The Morgan fingerprint density at radius 2 is 2.17 bits per heavy atom. The maximum atomic E-state index is 14.3. The van der Waals surface area contributed by atoms with Crippen LogP contribution in [0.4, 0.5) is 10.2 Å². The van der Waals surface area contributed by atoms with Gasteiger partial charge in [-0.3, -0.25) is 4.79 Å². The van der Waals surface area contributed by atoms with Gasteiger partial charge in [-0.15, -0.1) is 0 Å². The number of anilines is 1. The van der Waals surface area contributed by atoms with Gasteiger partial charge < -0.3 is 10.2 Å². The lowest BCUT2D eigenvalue weighted by atomic mass is 9.96. The van der Waals surface area contributed by atoms with E-state index in [0.717, 1.165) is 25.9 Å². The molecule has 0 bridgehead atoms. The molecule has 2 aromatic rings. The third-order valence-electron chi connectivity index (χ3n) is 4.95. The van der Waals surface area contributed by atoms with Gasteiger partial charge in [-0.25, -0.2) is 14.4 Å². The number of benzene rings is 1. The molecule has 1 aliphatic carbocycles. The van der Waals surface area contributed by atoms with Crippen molar-refractivity contribution in [1.82, 2.24) is 15.3 Å². The Morgan fingerprint density at radius 3 is 3.00 bits per heavy atom. The van der Waals surface area contributed by atoms with E-state index in [-0.39, 0.29) is 17.6 Å². The minimum atomic E-state index is -0.316. The first kappa shape index (κ1) is 15.3. The maximum absolute atomic E-state index is 14.3. The molecule has 0 radical (unpaired) electrons. The van der Waals surface area contributed by atoms with Crippen molar-refractivity contribution in [3.8, 4) is 0 Å². The molecule has 1 atom stereocenters. The van der Waals surface area contributed by atoms with E-state index in [2.05, 4.69) is 15.3 Å². The number of aromatic nitrogens is 2. The zero-order valence-corrected chi connectivity index (χ0v) is 13.5. The summed E-state index contributed by atoms with van der Waals surface area (Å²) in [7, 11) is 0. The molecule has 1 amide bonds. The monoisotopic (exact) mass is 328 g/mol. The SMILES string of the molecule is O=C(NCC1CC1)[C@H]1CCCN(c2ncnc3cccc(F)c23)C1. The van der Waals surface area contributed by atoms with E-state index in [0.29, 0.717) is 29.2 Å². The summed E-state index contributed by atoms with van der Waals surface area (Å²) < 4.78 is 14.3. The Morgan fingerprint density at radius 1 is 1.29 bits per heavy atom. The molecule has 1 aromatic carbocycles. The molecule has 126 valence electrons. The normalized spacial score (nSPS) is 21.0. The van der Waals surface area contributed by atoms with Crippen molar-refractivity contribution in [3.63, 3.8) is 0 Å². The number of halogens is 1. The third-order valence-corrected chi connectivity index (χ3v) is 4.95. The van der Waals surface area contributed by atoms with Crippen LogP contribution in [0.2, 0.25) is 0 Å². The maximum Gasteiger partial charge on any atom is 0.224 e. The van der Waals surface area contributed by atoms with Crippen molar-refractivity contribution >= 4 is 22.6 Å². The highest BCUT2D eigenvalue weighted by Gasteiger charge is 2.29. The molecule has 2 fully saturated rings. The van der Waals surface area contributed by atoms with Crippen LogP contribution in [0.5, 0.6) is 0 Å². The van der Waals surface area contributed by atoms with Crippen molar-refractivity contribution in [2.75, 3.05) is 24.5 Å². The predicted octanol–water partition coefficient (Wildman–Crippen LogP) is 2.51. The lowest BCUT2D eigenvalue weighted by Gasteiger charge is -2.33. The molecule has 6 heteroatoms.